The molecule has 0 aromatic rings. The van der Waals surface area contributed by atoms with Gasteiger partial charge in [0.05, 0.1) is 6.10 Å². The van der Waals surface area contributed by atoms with Gasteiger partial charge in [0.25, 0.3) is 0 Å². The molecule has 2 unspecified atom stereocenters. The Labute approximate surface area is 119 Å². The molecule has 2 rings (SSSR count). The highest BCUT2D eigenvalue weighted by Gasteiger charge is 2.24. The summed E-state index contributed by atoms with van der Waals surface area (Å²) in [5, 5.41) is 9.79. The minimum atomic E-state index is -0.130. The second-order valence-corrected chi connectivity index (χ2v) is 6.81. The molecule has 0 amide bonds. The van der Waals surface area contributed by atoms with E-state index in [0.29, 0.717) is 0 Å². The summed E-state index contributed by atoms with van der Waals surface area (Å²) in [4.78, 5) is 5.15. The van der Waals surface area contributed by atoms with Gasteiger partial charge in [-0.3, -0.25) is 0 Å². The average molecular weight is 268 g/mol. The highest BCUT2D eigenvalue weighted by Crippen LogP contribution is 2.22. The van der Waals surface area contributed by atoms with Crippen LogP contribution in [-0.4, -0.2) is 60.3 Å². The number of likely N-dealkylation sites (tertiary alicyclic amines) is 2. The van der Waals surface area contributed by atoms with Crippen molar-refractivity contribution in [3.63, 3.8) is 0 Å². The Morgan fingerprint density at radius 3 is 2.53 bits per heavy atom. The van der Waals surface area contributed by atoms with Crippen LogP contribution in [0.2, 0.25) is 0 Å². The monoisotopic (exact) mass is 268 g/mol. The van der Waals surface area contributed by atoms with E-state index >= 15 is 0 Å². The second-order valence-electron chi connectivity index (χ2n) is 6.81. The molecule has 3 heteroatoms. The lowest BCUT2D eigenvalue weighted by atomic mass is 9.94. The van der Waals surface area contributed by atoms with Gasteiger partial charge in [-0.1, -0.05) is 13.8 Å². The second kappa shape index (κ2) is 7.61. The van der Waals surface area contributed by atoms with Crippen LogP contribution in [0.1, 0.15) is 46.0 Å². The first-order chi connectivity index (χ1) is 9.17. The Bertz CT molecular complexity index is 251. The van der Waals surface area contributed by atoms with Gasteiger partial charge in [0, 0.05) is 19.6 Å². The number of nitrogens with zero attached hydrogens (tertiary/aromatic N) is 2. The topological polar surface area (TPSA) is 26.7 Å². The Morgan fingerprint density at radius 1 is 1.11 bits per heavy atom. The van der Waals surface area contributed by atoms with E-state index in [1.165, 1.54) is 58.4 Å². The number of aliphatic hydroxyl groups excluding tert-OH is 1. The van der Waals surface area contributed by atoms with E-state index in [1.54, 1.807) is 0 Å². The van der Waals surface area contributed by atoms with Gasteiger partial charge < -0.3 is 14.9 Å². The standard InChI is InChI=1S/C16H32N2O/c1-3-16(19)13-18-8-4-5-15(12-18)11-17-9-6-14(2)7-10-17/h14-16,19H,3-13H2,1-2H3. The number of hydrogen-bond acceptors (Lipinski definition) is 3. The molecule has 19 heavy (non-hydrogen) atoms. The Balaban J connectivity index is 1.71. The molecule has 2 aliphatic rings. The van der Waals surface area contributed by atoms with Crippen molar-refractivity contribution in [1.29, 1.82) is 0 Å². The van der Waals surface area contributed by atoms with Crippen molar-refractivity contribution in [3.05, 3.63) is 0 Å². The summed E-state index contributed by atoms with van der Waals surface area (Å²) in [6.45, 7) is 11.6. The first kappa shape index (κ1) is 15.3. The smallest absolute Gasteiger partial charge is 0.0664 e. The molecular weight excluding hydrogens is 236 g/mol. The summed E-state index contributed by atoms with van der Waals surface area (Å²) < 4.78 is 0. The molecule has 2 aliphatic heterocycles. The molecule has 112 valence electrons. The number of rotatable bonds is 5. The van der Waals surface area contributed by atoms with Gasteiger partial charge in [0.15, 0.2) is 0 Å². The molecule has 0 aliphatic carbocycles. The zero-order chi connectivity index (χ0) is 13.7. The van der Waals surface area contributed by atoms with Crippen molar-refractivity contribution in [2.45, 2.75) is 52.1 Å². The van der Waals surface area contributed by atoms with Gasteiger partial charge in [-0.25, -0.2) is 0 Å². The maximum absolute atomic E-state index is 9.79. The number of hydrogen-bond donors (Lipinski definition) is 1. The van der Waals surface area contributed by atoms with Crippen LogP contribution in [0.25, 0.3) is 0 Å². The molecule has 0 aromatic heterocycles. The van der Waals surface area contributed by atoms with Gasteiger partial charge in [0.2, 0.25) is 0 Å². The fourth-order valence-electron chi connectivity index (χ4n) is 3.50. The fraction of sp³-hybridized carbons (Fsp3) is 1.00. The van der Waals surface area contributed by atoms with Crippen LogP contribution in [0.4, 0.5) is 0 Å². The van der Waals surface area contributed by atoms with E-state index in [1.807, 2.05) is 0 Å². The predicted molar refractivity (Wildman–Crippen MR) is 80.3 cm³/mol. The zero-order valence-electron chi connectivity index (χ0n) is 12.9. The average Bonchev–Trinajstić information content (AvgIpc) is 2.42. The van der Waals surface area contributed by atoms with Crippen LogP contribution in [-0.2, 0) is 0 Å². The van der Waals surface area contributed by atoms with Crippen molar-refractivity contribution in [2.75, 3.05) is 39.3 Å². The molecule has 0 aromatic carbocycles. The lowest BCUT2D eigenvalue weighted by Crippen LogP contribution is -2.45. The minimum absolute atomic E-state index is 0.130. The van der Waals surface area contributed by atoms with E-state index in [-0.39, 0.29) is 6.10 Å². The van der Waals surface area contributed by atoms with E-state index in [4.69, 9.17) is 0 Å². The minimum Gasteiger partial charge on any atom is -0.392 e. The van der Waals surface area contributed by atoms with E-state index in [0.717, 1.165) is 24.8 Å². The van der Waals surface area contributed by atoms with E-state index in [9.17, 15) is 5.11 Å². The molecular formula is C16H32N2O. The Hall–Kier alpha value is -0.120. The lowest BCUT2D eigenvalue weighted by Gasteiger charge is -2.38. The quantitative estimate of drug-likeness (QED) is 0.828. The largest absolute Gasteiger partial charge is 0.392 e. The maximum Gasteiger partial charge on any atom is 0.0664 e. The normalized spacial score (nSPS) is 29.5. The van der Waals surface area contributed by atoms with Crippen LogP contribution in [0.5, 0.6) is 0 Å². The number of β-amino-alcohol motifs (C(OH)–C–C–N with tert-alkyl or cyclic N) is 1. The van der Waals surface area contributed by atoms with Crippen LogP contribution in [0.15, 0.2) is 0 Å². The van der Waals surface area contributed by atoms with E-state index < -0.39 is 0 Å². The predicted octanol–water partition coefficient (Wildman–Crippen LogP) is 2.20. The van der Waals surface area contributed by atoms with Gasteiger partial charge in [-0.2, -0.15) is 0 Å². The van der Waals surface area contributed by atoms with Gasteiger partial charge in [0.1, 0.15) is 0 Å². The van der Waals surface area contributed by atoms with Crippen molar-refractivity contribution >= 4 is 0 Å². The van der Waals surface area contributed by atoms with Crippen molar-refractivity contribution < 1.29 is 5.11 Å². The molecule has 2 fully saturated rings. The van der Waals surface area contributed by atoms with Crippen molar-refractivity contribution in [1.82, 2.24) is 9.80 Å². The summed E-state index contributed by atoms with van der Waals surface area (Å²) in [5.74, 6) is 1.75. The van der Waals surface area contributed by atoms with Crippen LogP contribution in [0, 0.1) is 11.8 Å². The fourth-order valence-corrected chi connectivity index (χ4v) is 3.50. The summed E-state index contributed by atoms with van der Waals surface area (Å²) in [6, 6.07) is 0. The first-order valence-corrected chi connectivity index (χ1v) is 8.30. The van der Waals surface area contributed by atoms with Gasteiger partial charge >= 0.3 is 0 Å². The van der Waals surface area contributed by atoms with Gasteiger partial charge in [-0.15, -0.1) is 0 Å². The van der Waals surface area contributed by atoms with Crippen LogP contribution < -0.4 is 0 Å². The molecule has 0 saturated carbocycles. The molecule has 0 radical (unpaired) electrons. The van der Waals surface area contributed by atoms with Crippen LogP contribution >= 0.6 is 0 Å². The SMILES string of the molecule is CCC(O)CN1CCCC(CN2CCC(C)CC2)C1. The highest BCUT2D eigenvalue weighted by molar-refractivity contribution is 4.79. The molecule has 1 N–H and O–H groups in total. The summed E-state index contributed by atoms with van der Waals surface area (Å²) in [7, 11) is 0. The van der Waals surface area contributed by atoms with Crippen LogP contribution in [0.3, 0.4) is 0 Å². The first-order valence-electron chi connectivity index (χ1n) is 8.30. The Kier molecular flexibility index (Phi) is 6.11. The lowest BCUT2D eigenvalue weighted by molar-refractivity contribution is 0.0669. The third kappa shape index (κ3) is 5.05. The summed E-state index contributed by atoms with van der Waals surface area (Å²) >= 11 is 0. The summed E-state index contributed by atoms with van der Waals surface area (Å²) in [6.07, 6.45) is 6.20. The third-order valence-corrected chi connectivity index (χ3v) is 4.94. The highest BCUT2D eigenvalue weighted by atomic mass is 16.3. The van der Waals surface area contributed by atoms with Crippen molar-refractivity contribution in [2.24, 2.45) is 11.8 Å². The number of aliphatic hydroxyl groups is 1. The molecule has 3 nitrogen and oxygen atoms in total. The zero-order valence-corrected chi connectivity index (χ0v) is 12.9. The number of piperidine rings is 2. The maximum atomic E-state index is 9.79. The molecule has 0 spiro atoms. The van der Waals surface area contributed by atoms with Gasteiger partial charge in [-0.05, 0) is 63.6 Å². The van der Waals surface area contributed by atoms with E-state index in [2.05, 4.69) is 23.6 Å². The molecule has 2 atom stereocenters. The molecule has 0 bridgehead atoms. The third-order valence-electron chi connectivity index (χ3n) is 4.94. The molecule has 2 saturated heterocycles. The Morgan fingerprint density at radius 2 is 1.84 bits per heavy atom. The summed E-state index contributed by atoms with van der Waals surface area (Å²) in [5.41, 5.74) is 0. The molecule has 2 heterocycles. The van der Waals surface area contributed by atoms with Crippen molar-refractivity contribution in [3.8, 4) is 0 Å².